The Hall–Kier alpha value is -1.42. The predicted molar refractivity (Wildman–Crippen MR) is 51.1 cm³/mol. The van der Waals surface area contributed by atoms with Crippen molar-refractivity contribution in [3.63, 3.8) is 0 Å². The Bertz CT molecular complexity index is 344. The third kappa shape index (κ3) is 2.09. The summed E-state index contributed by atoms with van der Waals surface area (Å²) in [6.07, 6.45) is 2.10. The fourth-order valence-electron chi connectivity index (χ4n) is 1.22. The predicted octanol–water partition coefficient (Wildman–Crippen LogP) is 2.24. The van der Waals surface area contributed by atoms with Crippen LogP contribution in [0.2, 0.25) is 0 Å². The molecule has 0 saturated heterocycles. The van der Waals surface area contributed by atoms with Crippen molar-refractivity contribution >= 4 is 11.5 Å². The third-order valence-electron chi connectivity index (χ3n) is 2.15. The molecule has 0 heterocycles. The number of hydrogen-bond acceptors (Lipinski definition) is 2. The second-order valence-corrected chi connectivity index (χ2v) is 3.36. The third-order valence-corrected chi connectivity index (χ3v) is 2.15. The van der Waals surface area contributed by atoms with E-state index in [4.69, 9.17) is 5.21 Å². The van der Waals surface area contributed by atoms with Crippen LogP contribution in [0.4, 0.5) is 10.1 Å². The molecule has 3 nitrogen and oxygen atoms in total. The zero-order valence-corrected chi connectivity index (χ0v) is 7.57. The topological polar surface area (TPSA) is 44.6 Å². The van der Waals surface area contributed by atoms with Gasteiger partial charge in [-0.3, -0.25) is 10.7 Å². The smallest absolute Gasteiger partial charge is 0.129 e. The van der Waals surface area contributed by atoms with E-state index in [0.29, 0.717) is 17.4 Å². The highest BCUT2D eigenvalue weighted by molar-refractivity contribution is 5.87. The van der Waals surface area contributed by atoms with Crippen molar-refractivity contribution in [2.24, 2.45) is 10.9 Å². The summed E-state index contributed by atoms with van der Waals surface area (Å²) in [5.41, 5.74) is 2.73. The summed E-state index contributed by atoms with van der Waals surface area (Å²) in [6.45, 7) is 0. The van der Waals surface area contributed by atoms with Gasteiger partial charge in [-0.1, -0.05) is 0 Å². The van der Waals surface area contributed by atoms with Crippen molar-refractivity contribution in [2.75, 3.05) is 0 Å². The molecule has 0 aliphatic heterocycles. The van der Waals surface area contributed by atoms with Gasteiger partial charge in [-0.25, -0.2) is 9.38 Å². The Kier molecular flexibility index (Phi) is 2.45. The van der Waals surface area contributed by atoms with E-state index in [2.05, 4.69) is 10.5 Å². The van der Waals surface area contributed by atoms with Gasteiger partial charge >= 0.3 is 0 Å². The van der Waals surface area contributed by atoms with Crippen LogP contribution in [0.15, 0.2) is 29.3 Å². The van der Waals surface area contributed by atoms with E-state index in [1.807, 2.05) is 0 Å². The average molecular weight is 194 g/mol. The molecule has 0 unspecified atom stereocenters. The lowest BCUT2D eigenvalue weighted by molar-refractivity contribution is 0.231. The number of nitrogens with one attached hydrogen (secondary N) is 1. The van der Waals surface area contributed by atoms with E-state index in [1.54, 1.807) is 12.1 Å². The molecule has 0 aromatic heterocycles. The summed E-state index contributed by atoms with van der Waals surface area (Å²) in [5, 5.41) is 8.80. The van der Waals surface area contributed by atoms with E-state index < -0.39 is 0 Å². The highest BCUT2D eigenvalue weighted by Gasteiger charge is 2.27. The lowest BCUT2D eigenvalue weighted by Crippen LogP contribution is -2.20. The van der Waals surface area contributed by atoms with Gasteiger partial charge in [0.25, 0.3) is 0 Å². The number of hydrogen-bond donors (Lipinski definition) is 2. The summed E-state index contributed by atoms with van der Waals surface area (Å²) < 4.78 is 12.6. The first-order valence-electron chi connectivity index (χ1n) is 4.54. The number of aliphatic imine (C=N–C) groups is 1. The van der Waals surface area contributed by atoms with Crippen LogP contribution in [0.5, 0.6) is 0 Å². The first-order chi connectivity index (χ1) is 6.79. The van der Waals surface area contributed by atoms with Crippen LogP contribution < -0.4 is 5.48 Å². The van der Waals surface area contributed by atoms with Gasteiger partial charge in [0, 0.05) is 5.92 Å². The van der Waals surface area contributed by atoms with Gasteiger partial charge in [0.2, 0.25) is 0 Å². The average Bonchev–Trinajstić information content (AvgIpc) is 3.01. The highest BCUT2D eigenvalue weighted by atomic mass is 19.1. The van der Waals surface area contributed by atoms with Crippen LogP contribution in [0, 0.1) is 11.7 Å². The standard InChI is InChI=1S/C10H11FN2O/c11-8-3-5-9(6-4-8)12-10(13-14)7-1-2-7/h3-7,14H,1-2H2,(H,12,13). The van der Waals surface area contributed by atoms with Crippen molar-refractivity contribution < 1.29 is 9.60 Å². The van der Waals surface area contributed by atoms with Gasteiger partial charge < -0.3 is 0 Å². The van der Waals surface area contributed by atoms with Crippen molar-refractivity contribution in [2.45, 2.75) is 12.8 Å². The lowest BCUT2D eigenvalue weighted by Gasteiger charge is -2.01. The minimum atomic E-state index is -0.283. The van der Waals surface area contributed by atoms with Crippen molar-refractivity contribution in [1.29, 1.82) is 0 Å². The van der Waals surface area contributed by atoms with Crippen LogP contribution >= 0.6 is 0 Å². The number of hydroxylamine groups is 1. The molecule has 74 valence electrons. The molecule has 4 heteroatoms. The molecule has 0 amide bonds. The minimum Gasteiger partial charge on any atom is -0.290 e. The first kappa shape index (κ1) is 9.15. The zero-order chi connectivity index (χ0) is 9.97. The molecule has 2 N–H and O–H groups in total. The van der Waals surface area contributed by atoms with Crippen LogP contribution in [0.1, 0.15) is 12.8 Å². The van der Waals surface area contributed by atoms with Crippen LogP contribution in [-0.2, 0) is 0 Å². The van der Waals surface area contributed by atoms with E-state index in [-0.39, 0.29) is 5.82 Å². The van der Waals surface area contributed by atoms with Crippen molar-refractivity contribution in [3.8, 4) is 0 Å². The van der Waals surface area contributed by atoms with Crippen LogP contribution in [0.25, 0.3) is 0 Å². The maximum absolute atomic E-state index is 12.6. The van der Waals surface area contributed by atoms with E-state index in [1.165, 1.54) is 12.1 Å². The number of amidine groups is 1. The second-order valence-electron chi connectivity index (χ2n) is 3.36. The molecular weight excluding hydrogens is 183 g/mol. The Morgan fingerprint density at radius 2 is 2.00 bits per heavy atom. The molecule has 2 rings (SSSR count). The van der Waals surface area contributed by atoms with Crippen LogP contribution in [0.3, 0.4) is 0 Å². The molecule has 1 saturated carbocycles. The largest absolute Gasteiger partial charge is 0.290 e. The quantitative estimate of drug-likeness (QED) is 0.431. The minimum absolute atomic E-state index is 0.283. The molecule has 1 aliphatic carbocycles. The molecule has 0 spiro atoms. The number of rotatable bonds is 2. The Morgan fingerprint density at radius 1 is 1.36 bits per heavy atom. The van der Waals surface area contributed by atoms with E-state index in [9.17, 15) is 4.39 Å². The molecule has 0 atom stereocenters. The fraction of sp³-hybridized carbons (Fsp3) is 0.300. The van der Waals surface area contributed by atoms with Gasteiger partial charge in [-0.2, -0.15) is 0 Å². The van der Waals surface area contributed by atoms with Gasteiger partial charge in [-0.05, 0) is 37.1 Å². The van der Waals surface area contributed by atoms with Gasteiger partial charge in [-0.15, -0.1) is 0 Å². The summed E-state index contributed by atoms with van der Waals surface area (Å²) >= 11 is 0. The Morgan fingerprint density at radius 3 is 2.50 bits per heavy atom. The molecule has 14 heavy (non-hydrogen) atoms. The van der Waals surface area contributed by atoms with E-state index in [0.717, 1.165) is 12.8 Å². The first-order valence-corrected chi connectivity index (χ1v) is 4.54. The molecule has 1 fully saturated rings. The molecule has 1 aromatic rings. The normalized spacial score (nSPS) is 16.9. The van der Waals surface area contributed by atoms with Gasteiger partial charge in [0.05, 0.1) is 5.69 Å². The molecule has 1 aliphatic rings. The molecule has 1 aromatic carbocycles. The summed E-state index contributed by atoms with van der Waals surface area (Å²) in [4.78, 5) is 4.17. The lowest BCUT2D eigenvalue weighted by atomic mass is 10.3. The summed E-state index contributed by atoms with van der Waals surface area (Å²) in [7, 11) is 0. The van der Waals surface area contributed by atoms with Crippen molar-refractivity contribution in [3.05, 3.63) is 30.1 Å². The molecular formula is C10H11FN2O. The SMILES string of the molecule is ONC(=Nc1ccc(F)cc1)C1CC1. The van der Waals surface area contributed by atoms with Crippen LogP contribution in [-0.4, -0.2) is 11.0 Å². The summed E-state index contributed by atoms with van der Waals surface area (Å²) in [5.74, 6) is 0.621. The van der Waals surface area contributed by atoms with Gasteiger partial charge in [0.15, 0.2) is 0 Å². The Labute approximate surface area is 81.2 Å². The van der Waals surface area contributed by atoms with Gasteiger partial charge in [0.1, 0.15) is 11.7 Å². The number of benzene rings is 1. The molecule has 0 bridgehead atoms. The second kappa shape index (κ2) is 3.75. The highest BCUT2D eigenvalue weighted by Crippen LogP contribution is 2.30. The van der Waals surface area contributed by atoms with Crippen molar-refractivity contribution in [1.82, 2.24) is 5.48 Å². The summed E-state index contributed by atoms with van der Waals surface area (Å²) in [6, 6.07) is 5.85. The van der Waals surface area contributed by atoms with E-state index >= 15 is 0 Å². The zero-order valence-electron chi connectivity index (χ0n) is 7.57. The monoisotopic (exact) mass is 194 g/mol. The molecule has 0 radical (unpaired) electrons. The maximum atomic E-state index is 12.6. The number of halogens is 1. The number of nitrogens with zero attached hydrogens (tertiary/aromatic N) is 1. The maximum Gasteiger partial charge on any atom is 0.129 e. The fourth-order valence-corrected chi connectivity index (χ4v) is 1.22. The Balaban J connectivity index is 2.17.